The Morgan fingerprint density at radius 2 is 2.38 bits per heavy atom. The fourth-order valence-electron chi connectivity index (χ4n) is 1.50. The van der Waals surface area contributed by atoms with Crippen molar-refractivity contribution >= 4 is 11.8 Å². The average molecular weight is 200 g/mol. The summed E-state index contributed by atoms with van der Waals surface area (Å²) in [6.07, 6.45) is 2.87. The molecule has 0 bridgehead atoms. The first-order chi connectivity index (χ1) is 6.27. The lowest BCUT2D eigenvalue weighted by molar-refractivity contribution is 0.188. The van der Waals surface area contributed by atoms with Gasteiger partial charge in [0.25, 0.3) is 0 Å². The molecule has 1 aromatic rings. The second kappa shape index (κ2) is 3.63. The lowest BCUT2D eigenvalue weighted by atomic mass is 10.3. The van der Waals surface area contributed by atoms with Crippen molar-refractivity contribution in [1.82, 2.24) is 20.2 Å². The summed E-state index contributed by atoms with van der Waals surface area (Å²) in [6, 6.07) is 0. The fraction of sp³-hybridized carbons (Fsp3) is 0.857. The smallest absolute Gasteiger partial charge is 0.209 e. The van der Waals surface area contributed by atoms with Crippen LogP contribution in [0.15, 0.2) is 5.16 Å². The highest BCUT2D eigenvalue weighted by atomic mass is 32.2. The predicted molar refractivity (Wildman–Crippen MR) is 48.3 cm³/mol. The number of aromatic nitrogens is 4. The molecule has 1 fully saturated rings. The molecule has 1 aromatic heterocycles. The third-order valence-corrected chi connectivity index (χ3v) is 3.67. The zero-order valence-electron chi connectivity index (χ0n) is 7.42. The van der Waals surface area contributed by atoms with E-state index >= 15 is 0 Å². The van der Waals surface area contributed by atoms with E-state index in [0.29, 0.717) is 0 Å². The summed E-state index contributed by atoms with van der Waals surface area (Å²) >= 11 is 1.57. The first kappa shape index (κ1) is 8.96. The number of aliphatic hydroxyl groups excluding tert-OH is 1. The standard InChI is InChI=1S/C7H12N4OS/c1-11-7(8-9-10-11)13-6-4-2-3-5(6)12/h5-6,12H,2-4H2,1H3. The highest BCUT2D eigenvalue weighted by Gasteiger charge is 2.27. The Morgan fingerprint density at radius 1 is 1.54 bits per heavy atom. The molecule has 6 heteroatoms. The Hall–Kier alpha value is -0.620. The zero-order chi connectivity index (χ0) is 9.26. The van der Waals surface area contributed by atoms with E-state index in [2.05, 4.69) is 15.5 Å². The van der Waals surface area contributed by atoms with Gasteiger partial charge in [-0.2, -0.15) is 0 Å². The first-order valence-electron chi connectivity index (χ1n) is 4.34. The minimum Gasteiger partial charge on any atom is -0.392 e. The monoisotopic (exact) mass is 200 g/mol. The second-order valence-corrected chi connectivity index (χ2v) is 4.45. The molecule has 0 amide bonds. The highest BCUT2D eigenvalue weighted by Crippen LogP contribution is 2.33. The van der Waals surface area contributed by atoms with E-state index in [1.165, 1.54) is 0 Å². The van der Waals surface area contributed by atoms with Crippen LogP contribution in [0, 0.1) is 0 Å². The Morgan fingerprint density at radius 3 is 2.92 bits per heavy atom. The molecule has 0 radical (unpaired) electrons. The molecule has 0 aliphatic heterocycles. The van der Waals surface area contributed by atoms with E-state index in [0.717, 1.165) is 24.4 Å². The van der Waals surface area contributed by atoms with Gasteiger partial charge in [-0.3, -0.25) is 0 Å². The van der Waals surface area contributed by atoms with Crippen LogP contribution in [0.1, 0.15) is 19.3 Å². The number of aryl methyl sites for hydroxylation is 1. The van der Waals surface area contributed by atoms with Gasteiger partial charge in [-0.25, -0.2) is 4.68 Å². The summed E-state index contributed by atoms with van der Waals surface area (Å²) < 4.78 is 1.63. The second-order valence-electron chi connectivity index (χ2n) is 3.24. The minimum absolute atomic E-state index is 0.193. The molecule has 1 saturated carbocycles. The molecule has 5 nitrogen and oxygen atoms in total. The SMILES string of the molecule is Cn1nnnc1SC1CCCC1O. The van der Waals surface area contributed by atoms with Crippen molar-refractivity contribution < 1.29 is 5.11 Å². The summed E-state index contributed by atoms with van der Waals surface area (Å²) in [5, 5.41) is 21.8. The van der Waals surface area contributed by atoms with Crippen molar-refractivity contribution in [3.05, 3.63) is 0 Å². The van der Waals surface area contributed by atoms with Crippen molar-refractivity contribution in [2.45, 2.75) is 35.8 Å². The van der Waals surface area contributed by atoms with Gasteiger partial charge in [0.05, 0.1) is 6.10 Å². The van der Waals surface area contributed by atoms with Crippen molar-refractivity contribution in [3.63, 3.8) is 0 Å². The molecule has 0 aromatic carbocycles. The largest absolute Gasteiger partial charge is 0.392 e. The van der Waals surface area contributed by atoms with Crippen LogP contribution in [0.2, 0.25) is 0 Å². The van der Waals surface area contributed by atoms with Crippen LogP contribution in [-0.2, 0) is 7.05 Å². The van der Waals surface area contributed by atoms with Crippen LogP contribution in [0.25, 0.3) is 0 Å². The van der Waals surface area contributed by atoms with Gasteiger partial charge in [-0.15, -0.1) is 5.10 Å². The molecule has 2 atom stereocenters. The molecular formula is C7H12N4OS. The van der Waals surface area contributed by atoms with Gasteiger partial charge in [-0.05, 0) is 29.7 Å². The van der Waals surface area contributed by atoms with Gasteiger partial charge < -0.3 is 5.11 Å². The molecule has 2 unspecified atom stereocenters. The zero-order valence-corrected chi connectivity index (χ0v) is 8.24. The fourth-order valence-corrected chi connectivity index (χ4v) is 2.62. The van der Waals surface area contributed by atoms with E-state index in [4.69, 9.17) is 0 Å². The van der Waals surface area contributed by atoms with Crippen molar-refractivity contribution in [3.8, 4) is 0 Å². The highest BCUT2D eigenvalue weighted by molar-refractivity contribution is 7.99. The maximum atomic E-state index is 9.58. The van der Waals surface area contributed by atoms with Crippen LogP contribution in [0.4, 0.5) is 0 Å². The minimum atomic E-state index is -0.193. The molecule has 1 N–H and O–H groups in total. The summed E-state index contributed by atoms with van der Waals surface area (Å²) in [4.78, 5) is 0. The van der Waals surface area contributed by atoms with E-state index in [1.54, 1.807) is 16.4 Å². The van der Waals surface area contributed by atoms with Gasteiger partial charge in [-0.1, -0.05) is 11.8 Å². The molecule has 72 valence electrons. The number of hydrogen-bond donors (Lipinski definition) is 1. The van der Waals surface area contributed by atoms with Gasteiger partial charge in [0, 0.05) is 12.3 Å². The number of thioether (sulfide) groups is 1. The summed E-state index contributed by atoms with van der Waals surface area (Å²) in [5.74, 6) is 0. The summed E-state index contributed by atoms with van der Waals surface area (Å²) in [7, 11) is 1.81. The van der Waals surface area contributed by atoms with E-state index in [9.17, 15) is 5.11 Å². The molecule has 13 heavy (non-hydrogen) atoms. The topological polar surface area (TPSA) is 63.8 Å². The number of tetrazole rings is 1. The van der Waals surface area contributed by atoms with E-state index in [1.807, 2.05) is 7.05 Å². The van der Waals surface area contributed by atoms with Crippen molar-refractivity contribution in [1.29, 1.82) is 0 Å². The summed E-state index contributed by atoms with van der Waals surface area (Å²) in [6.45, 7) is 0. The molecule has 0 saturated heterocycles. The average Bonchev–Trinajstić information content (AvgIpc) is 2.65. The van der Waals surface area contributed by atoms with Gasteiger partial charge in [0.2, 0.25) is 5.16 Å². The molecule has 0 spiro atoms. The lowest BCUT2D eigenvalue weighted by Crippen LogP contribution is -2.15. The van der Waals surface area contributed by atoms with Gasteiger partial charge in [0.1, 0.15) is 0 Å². The summed E-state index contributed by atoms with van der Waals surface area (Å²) in [5.41, 5.74) is 0. The van der Waals surface area contributed by atoms with Crippen LogP contribution in [0.3, 0.4) is 0 Å². The van der Waals surface area contributed by atoms with Gasteiger partial charge >= 0.3 is 0 Å². The lowest BCUT2D eigenvalue weighted by Gasteiger charge is -2.11. The maximum absolute atomic E-state index is 9.58. The number of nitrogens with zero attached hydrogens (tertiary/aromatic N) is 4. The predicted octanol–water partition coefficient (Wildman–Crippen LogP) is 0.216. The van der Waals surface area contributed by atoms with Crippen LogP contribution >= 0.6 is 11.8 Å². The van der Waals surface area contributed by atoms with Crippen LogP contribution in [-0.4, -0.2) is 36.7 Å². The number of hydrogen-bond acceptors (Lipinski definition) is 5. The Bertz CT molecular complexity index is 290. The molecular weight excluding hydrogens is 188 g/mol. The molecule has 1 aliphatic rings. The quantitative estimate of drug-likeness (QED) is 0.739. The number of aliphatic hydroxyl groups is 1. The Balaban J connectivity index is 2.01. The van der Waals surface area contributed by atoms with Gasteiger partial charge in [0.15, 0.2) is 0 Å². The Kier molecular flexibility index (Phi) is 2.50. The normalized spacial score (nSPS) is 28.2. The van der Waals surface area contributed by atoms with Crippen molar-refractivity contribution in [2.75, 3.05) is 0 Å². The molecule has 1 aliphatic carbocycles. The Labute approximate surface area is 80.5 Å². The van der Waals surface area contributed by atoms with E-state index in [-0.39, 0.29) is 11.4 Å². The maximum Gasteiger partial charge on any atom is 0.209 e. The van der Waals surface area contributed by atoms with Crippen LogP contribution in [0.5, 0.6) is 0 Å². The van der Waals surface area contributed by atoms with Crippen molar-refractivity contribution in [2.24, 2.45) is 7.05 Å². The third-order valence-electron chi connectivity index (χ3n) is 2.26. The number of rotatable bonds is 2. The molecule has 2 rings (SSSR count). The van der Waals surface area contributed by atoms with Crippen LogP contribution < -0.4 is 0 Å². The van der Waals surface area contributed by atoms with E-state index < -0.39 is 0 Å². The first-order valence-corrected chi connectivity index (χ1v) is 5.22. The third kappa shape index (κ3) is 1.83. The molecule has 1 heterocycles.